The molecule has 0 spiro atoms. The zero-order valence-electron chi connectivity index (χ0n) is 11.1. The smallest absolute Gasteiger partial charge is 0.338 e. The van der Waals surface area contributed by atoms with E-state index >= 15 is 0 Å². The molecule has 0 bridgehead atoms. The highest BCUT2D eigenvalue weighted by atomic mass is 32.2. The van der Waals surface area contributed by atoms with Gasteiger partial charge in [-0.1, -0.05) is 6.07 Å². The maximum absolute atomic E-state index is 12.7. The Balaban J connectivity index is 2.95. The quantitative estimate of drug-likeness (QED) is 0.721. The second kappa shape index (κ2) is 7.11. The van der Waals surface area contributed by atoms with Crippen molar-refractivity contribution in [3.05, 3.63) is 18.2 Å². The molecule has 5 nitrogen and oxygen atoms in total. The number of benzene rings is 1. The molecule has 1 aromatic carbocycles. The monoisotopic (exact) mass is 358 g/mol. The Morgan fingerprint density at radius 2 is 1.76 bits per heavy atom. The number of ketones is 1. The Hall–Kier alpha value is -0.600. The first-order valence-corrected chi connectivity index (χ1v) is 8.61. The number of Topliss-reactive ketones (excluding diaryl/α,β-unsaturated/α-hetero) is 1. The number of hydrogen-bond acceptors (Lipinski definition) is 5. The minimum absolute atomic E-state index is 0.0283. The average molecular weight is 358 g/mol. The topological polar surface area (TPSA) is 83.8 Å². The number of ether oxygens (including phenoxy) is 1. The van der Waals surface area contributed by atoms with Crippen LogP contribution in [-0.2, 0) is 9.36 Å². The van der Waals surface area contributed by atoms with Crippen molar-refractivity contribution in [2.75, 3.05) is 6.61 Å². The fourth-order valence-corrected chi connectivity index (χ4v) is 2.43. The number of carbonyl (C=O) groups is 1. The van der Waals surface area contributed by atoms with Crippen molar-refractivity contribution in [1.29, 1.82) is 0 Å². The van der Waals surface area contributed by atoms with E-state index in [4.69, 9.17) is 14.5 Å². The molecule has 0 saturated carbocycles. The lowest BCUT2D eigenvalue weighted by molar-refractivity contribution is -0.123. The fourth-order valence-electron chi connectivity index (χ4n) is 1.24. The van der Waals surface area contributed by atoms with Gasteiger partial charge in [-0.05, 0) is 26.0 Å². The summed E-state index contributed by atoms with van der Waals surface area (Å²) in [5.41, 5.74) is 0. The third-order valence-corrected chi connectivity index (χ3v) is 5.55. The van der Waals surface area contributed by atoms with Crippen LogP contribution < -0.4 is 4.74 Å². The molecule has 0 atom stereocenters. The standard InChI is InChI=1S/C11H13F2O5PS2/c1-11(2,19(15,16)17)9(14)6-18-10-7(20-12)4-3-5-8(10)21-13/h3-5H,6H2,1-2H3,(H2,15,16,17). The van der Waals surface area contributed by atoms with Crippen molar-refractivity contribution in [2.45, 2.75) is 28.8 Å². The first-order valence-electron chi connectivity index (χ1n) is 5.57. The zero-order valence-corrected chi connectivity index (χ0v) is 13.6. The molecule has 118 valence electrons. The molecule has 0 aromatic heterocycles. The van der Waals surface area contributed by atoms with Gasteiger partial charge in [0, 0.05) is 0 Å². The number of carbonyl (C=O) groups excluding carboxylic acids is 1. The van der Waals surface area contributed by atoms with E-state index in [1.807, 2.05) is 0 Å². The summed E-state index contributed by atoms with van der Waals surface area (Å²) in [6.07, 6.45) is 0. The van der Waals surface area contributed by atoms with Crippen LogP contribution in [0.2, 0.25) is 0 Å². The predicted octanol–water partition coefficient (Wildman–Crippen LogP) is 3.54. The molecular formula is C11H13F2O5PS2. The van der Waals surface area contributed by atoms with Gasteiger partial charge in [0.2, 0.25) is 0 Å². The van der Waals surface area contributed by atoms with E-state index in [2.05, 4.69) is 0 Å². The highest BCUT2D eigenvalue weighted by Crippen LogP contribution is 2.50. The summed E-state index contributed by atoms with van der Waals surface area (Å²) in [5, 5.41) is -1.94. The summed E-state index contributed by atoms with van der Waals surface area (Å²) < 4.78 is 41.8. The third kappa shape index (κ3) is 4.20. The molecule has 0 aliphatic heterocycles. The van der Waals surface area contributed by atoms with Crippen molar-refractivity contribution in [1.82, 2.24) is 0 Å². The van der Waals surface area contributed by atoms with Crippen LogP contribution in [0, 0.1) is 0 Å². The van der Waals surface area contributed by atoms with Gasteiger partial charge in [-0.2, -0.15) is 7.77 Å². The van der Waals surface area contributed by atoms with Crippen LogP contribution in [0.5, 0.6) is 5.75 Å². The number of hydrogen-bond donors (Lipinski definition) is 2. The Morgan fingerprint density at radius 1 is 1.29 bits per heavy atom. The van der Waals surface area contributed by atoms with E-state index in [-0.39, 0.29) is 39.8 Å². The summed E-state index contributed by atoms with van der Waals surface area (Å²) in [4.78, 5) is 30.1. The van der Waals surface area contributed by atoms with Crippen molar-refractivity contribution >= 4 is 37.7 Å². The Labute approximate surface area is 129 Å². The van der Waals surface area contributed by atoms with Gasteiger partial charge in [0.1, 0.15) is 11.8 Å². The van der Waals surface area contributed by atoms with Gasteiger partial charge in [0.25, 0.3) is 0 Å². The predicted molar refractivity (Wildman–Crippen MR) is 77.0 cm³/mol. The molecular weight excluding hydrogens is 345 g/mol. The first kappa shape index (κ1) is 18.4. The lowest BCUT2D eigenvalue weighted by Gasteiger charge is -2.24. The van der Waals surface area contributed by atoms with Crippen LogP contribution in [0.3, 0.4) is 0 Å². The minimum Gasteiger partial charge on any atom is -0.483 e. The van der Waals surface area contributed by atoms with Gasteiger partial charge in [0.15, 0.2) is 11.5 Å². The summed E-state index contributed by atoms with van der Waals surface area (Å²) in [6, 6.07) is 4.08. The average Bonchev–Trinajstić information content (AvgIpc) is 2.42. The number of para-hydroxylation sites is 1. The molecule has 10 heteroatoms. The van der Waals surface area contributed by atoms with Crippen LogP contribution in [0.4, 0.5) is 7.77 Å². The summed E-state index contributed by atoms with van der Waals surface area (Å²) in [6.45, 7) is 1.46. The molecule has 0 radical (unpaired) electrons. The van der Waals surface area contributed by atoms with E-state index in [0.29, 0.717) is 0 Å². The number of rotatable bonds is 7. The summed E-state index contributed by atoms with van der Waals surface area (Å²) in [7, 11) is -4.67. The molecule has 0 aliphatic carbocycles. The summed E-state index contributed by atoms with van der Waals surface area (Å²) >= 11 is -0.360. The molecule has 21 heavy (non-hydrogen) atoms. The second-order valence-corrected chi connectivity index (χ2v) is 7.95. The van der Waals surface area contributed by atoms with Gasteiger partial charge >= 0.3 is 7.60 Å². The molecule has 1 rings (SSSR count). The first-order chi connectivity index (χ1) is 9.65. The van der Waals surface area contributed by atoms with Gasteiger partial charge in [-0.25, -0.2) is 0 Å². The molecule has 0 fully saturated rings. The normalized spacial score (nSPS) is 12.3. The Bertz CT molecular complexity index is 553. The maximum Gasteiger partial charge on any atom is 0.338 e. The fraction of sp³-hybridized carbons (Fsp3) is 0.364. The van der Waals surface area contributed by atoms with Crippen molar-refractivity contribution in [2.24, 2.45) is 0 Å². The van der Waals surface area contributed by atoms with E-state index in [9.17, 15) is 17.1 Å². The van der Waals surface area contributed by atoms with Crippen LogP contribution in [0.15, 0.2) is 28.0 Å². The lowest BCUT2D eigenvalue weighted by Crippen LogP contribution is -2.35. The van der Waals surface area contributed by atoms with Gasteiger partial charge in [-0.3, -0.25) is 9.36 Å². The van der Waals surface area contributed by atoms with Gasteiger partial charge < -0.3 is 14.5 Å². The molecule has 0 amide bonds. The van der Waals surface area contributed by atoms with E-state index in [1.54, 1.807) is 0 Å². The molecule has 2 N–H and O–H groups in total. The van der Waals surface area contributed by atoms with Crippen LogP contribution >= 0.6 is 31.9 Å². The molecule has 1 aromatic rings. The molecule has 0 heterocycles. The minimum atomic E-state index is -4.67. The van der Waals surface area contributed by atoms with Crippen molar-refractivity contribution in [3.8, 4) is 5.75 Å². The van der Waals surface area contributed by atoms with E-state index in [1.165, 1.54) is 18.2 Å². The third-order valence-electron chi connectivity index (χ3n) is 2.87. The molecule has 0 saturated heterocycles. The Kier molecular flexibility index (Phi) is 6.24. The van der Waals surface area contributed by atoms with Crippen LogP contribution in [-0.4, -0.2) is 27.3 Å². The summed E-state index contributed by atoms with van der Waals surface area (Å²) in [5.74, 6) is -1.04. The lowest BCUT2D eigenvalue weighted by atomic mass is 10.1. The number of halogens is 2. The molecule has 0 aliphatic rings. The largest absolute Gasteiger partial charge is 0.483 e. The van der Waals surface area contributed by atoms with Gasteiger partial charge in [0.05, 0.1) is 34.1 Å². The van der Waals surface area contributed by atoms with Crippen molar-refractivity contribution in [3.63, 3.8) is 0 Å². The highest BCUT2D eigenvalue weighted by Gasteiger charge is 2.44. The zero-order chi connectivity index (χ0) is 16.3. The van der Waals surface area contributed by atoms with Crippen LogP contribution in [0.1, 0.15) is 13.8 Å². The molecule has 0 unspecified atom stereocenters. The SMILES string of the molecule is CC(C)(C(=O)COc1c(SF)cccc1SF)P(=O)(O)O. The second-order valence-electron chi connectivity index (χ2n) is 4.55. The van der Waals surface area contributed by atoms with Crippen LogP contribution in [0.25, 0.3) is 0 Å². The van der Waals surface area contributed by atoms with E-state index in [0.717, 1.165) is 13.8 Å². The van der Waals surface area contributed by atoms with Crippen molar-refractivity contribution < 1.29 is 31.7 Å². The van der Waals surface area contributed by atoms with E-state index < -0.39 is 25.1 Å². The maximum atomic E-state index is 12.7. The Morgan fingerprint density at radius 3 is 2.14 bits per heavy atom. The van der Waals surface area contributed by atoms with Gasteiger partial charge in [-0.15, -0.1) is 0 Å². The highest BCUT2D eigenvalue weighted by molar-refractivity contribution is 7.95.